The third kappa shape index (κ3) is 2.49. The predicted octanol–water partition coefficient (Wildman–Crippen LogP) is 1.40. The maximum atomic E-state index is 11.4. The molecule has 0 spiro atoms. The first kappa shape index (κ1) is 10.1. The number of Topliss-reactive ketones (excluding diaryl/α,β-unsaturated/α-hetero) is 1. The lowest BCUT2D eigenvalue weighted by molar-refractivity contribution is -0.123. The maximum absolute atomic E-state index is 11.4. The maximum Gasteiger partial charge on any atom is 0.149 e. The number of ketones is 1. The molecule has 1 unspecified atom stereocenters. The van der Waals surface area contributed by atoms with Crippen LogP contribution in [0.15, 0.2) is 0 Å². The number of carbonyl (C=O) groups excluding carboxylic acids is 1. The zero-order chi connectivity index (χ0) is 8.97. The Balaban J connectivity index is 2.39. The van der Waals surface area contributed by atoms with Crippen molar-refractivity contribution in [1.29, 1.82) is 0 Å². The van der Waals surface area contributed by atoms with Crippen molar-refractivity contribution in [1.82, 2.24) is 4.90 Å². The molecule has 70 valence electrons. The second kappa shape index (κ2) is 4.87. The standard InChI is InChI=1S/C9H17NOS/c1-3-9(11)8(2)10-4-6-12-7-5-10/h8H,3-7H2,1-2H3. The molecule has 1 heterocycles. The monoisotopic (exact) mass is 187 g/mol. The van der Waals surface area contributed by atoms with Crippen LogP contribution in [0.3, 0.4) is 0 Å². The normalized spacial score (nSPS) is 22.2. The van der Waals surface area contributed by atoms with Gasteiger partial charge >= 0.3 is 0 Å². The minimum Gasteiger partial charge on any atom is -0.298 e. The highest BCUT2D eigenvalue weighted by Crippen LogP contribution is 2.12. The van der Waals surface area contributed by atoms with Crippen LogP contribution in [-0.4, -0.2) is 41.3 Å². The fourth-order valence-corrected chi connectivity index (χ4v) is 2.40. The molecule has 0 N–H and O–H groups in total. The first-order valence-corrected chi connectivity index (χ1v) is 5.75. The highest BCUT2D eigenvalue weighted by Gasteiger charge is 2.20. The summed E-state index contributed by atoms with van der Waals surface area (Å²) in [7, 11) is 0. The Morgan fingerprint density at radius 3 is 2.58 bits per heavy atom. The van der Waals surface area contributed by atoms with Gasteiger partial charge in [-0.1, -0.05) is 6.92 Å². The van der Waals surface area contributed by atoms with E-state index < -0.39 is 0 Å². The Morgan fingerprint density at radius 2 is 2.08 bits per heavy atom. The number of nitrogens with zero attached hydrogens (tertiary/aromatic N) is 1. The van der Waals surface area contributed by atoms with Crippen molar-refractivity contribution in [2.75, 3.05) is 24.6 Å². The first-order chi connectivity index (χ1) is 5.75. The minimum atomic E-state index is 0.149. The third-order valence-corrected chi connectivity index (χ3v) is 3.35. The van der Waals surface area contributed by atoms with Gasteiger partial charge in [-0.05, 0) is 6.92 Å². The number of hydrogen-bond acceptors (Lipinski definition) is 3. The summed E-state index contributed by atoms with van der Waals surface area (Å²) in [4.78, 5) is 13.7. The summed E-state index contributed by atoms with van der Waals surface area (Å²) in [5, 5.41) is 0. The SMILES string of the molecule is CCC(=O)C(C)N1CCSCC1. The van der Waals surface area contributed by atoms with E-state index in [-0.39, 0.29) is 6.04 Å². The first-order valence-electron chi connectivity index (χ1n) is 4.60. The van der Waals surface area contributed by atoms with Crippen LogP contribution in [-0.2, 0) is 4.79 Å². The van der Waals surface area contributed by atoms with E-state index in [4.69, 9.17) is 0 Å². The molecular formula is C9H17NOS. The molecule has 0 saturated carbocycles. The van der Waals surface area contributed by atoms with Crippen LogP contribution in [0.1, 0.15) is 20.3 Å². The Bertz CT molecular complexity index is 155. The van der Waals surface area contributed by atoms with E-state index in [1.165, 1.54) is 11.5 Å². The van der Waals surface area contributed by atoms with Gasteiger partial charge in [0.15, 0.2) is 0 Å². The Hall–Kier alpha value is -0.0200. The zero-order valence-corrected chi connectivity index (χ0v) is 8.69. The molecule has 3 heteroatoms. The molecule has 0 aliphatic carbocycles. The van der Waals surface area contributed by atoms with Gasteiger partial charge in [0.1, 0.15) is 5.78 Å². The lowest BCUT2D eigenvalue weighted by Crippen LogP contribution is -2.43. The van der Waals surface area contributed by atoms with E-state index in [1.54, 1.807) is 0 Å². The summed E-state index contributed by atoms with van der Waals surface area (Å²) in [5.41, 5.74) is 0. The largest absolute Gasteiger partial charge is 0.298 e. The van der Waals surface area contributed by atoms with Crippen molar-refractivity contribution in [3.8, 4) is 0 Å². The third-order valence-electron chi connectivity index (χ3n) is 2.41. The van der Waals surface area contributed by atoms with E-state index in [0.29, 0.717) is 12.2 Å². The summed E-state index contributed by atoms with van der Waals surface area (Å²) in [6, 6.07) is 0.149. The van der Waals surface area contributed by atoms with E-state index in [1.807, 2.05) is 25.6 Å². The lowest BCUT2D eigenvalue weighted by atomic mass is 10.1. The molecule has 0 aromatic carbocycles. The van der Waals surface area contributed by atoms with Gasteiger partial charge in [0.05, 0.1) is 6.04 Å². The average Bonchev–Trinajstić information content (AvgIpc) is 2.17. The Morgan fingerprint density at radius 1 is 1.50 bits per heavy atom. The van der Waals surface area contributed by atoms with E-state index in [2.05, 4.69) is 4.90 Å². The molecule has 2 nitrogen and oxygen atoms in total. The minimum absolute atomic E-state index is 0.149. The van der Waals surface area contributed by atoms with Crippen LogP contribution in [0.2, 0.25) is 0 Å². The fraction of sp³-hybridized carbons (Fsp3) is 0.889. The molecule has 1 atom stereocenters. The number of hydrogen-bond donors (Lipinski definition) is 0. The van der Waals surface area contributed by atoms with Crippen molar-refractivity contribution < 1.29 is 4.79 Å². The summed E-state index contributed by atoms with van der Waals surface area (Å²) in [6.45, 7) is 6.13. The van der Waals surface area contributed by atoms with Crippen LogP contribution in [0, 0.1) is 0 Å². The Labute approximate surface area is 78.7 Å². The second-order valence-electron chi connectivity index (χ2n) is 3.14. The Kier molecular flexibility index (Phi) is 4.09. The van der Waals surface area contributed by atoms with Crippen LogP contribution in [0.5, 0.6) is 0 Å². The number of thioether (sulfide) groups is 1. The van der Waals surface area contributed by atoms with Crippen LogP contribution in [0.4, 0.5) is 0 Å². The molecule has 1 saturated heterocycles. The smallest absolute Gasteiger partial charge is 0.149 e. The van der Waals surface area contributed by atoms with Crippen molar-refractivity contribution in [3.63, 3.8) is 0 Å². The van der Waals surface area contributed by atoms with Crippen LogP contribution >= 0.6 is 11.8 Å². The molecule has 1 aliphatic rings. The van der Waals surface area contributed by atoms with Gasteiger partial charge in [-0.2, -0.15) is 11.8 Å². The molecule has 0 radical (unpaired) electrons. The van der Waals surface area contributed by atoms with Crippen molar-refractivity contribution in [3.05, 3.63) is 0 Å². The highest BCUT2D eigenvalue weighted by atomic mass is 32.2. The molecule has 1 fully saturated rings. The molecule has 12 heavy (non-hydrogen) atoms. The molecule has 0 amide bonds. The van der Waals surface area contributed by atoms with Gasteiger partial charge < -0.3 is 0 Å². The molecule has 1 aliphatic heterocycles. The van der Waals surface area contributed by atoms with E-state index in [9.17, 15) is 4.79 Å². The van der Waals surface area contributed by atoms with Gasteiger partial charge in [-0.15, -0.1) is 0 Å². The molecular weight excluding hydrogens is 170 g/mol. The van der Waals surface area contributed by atoms with E-state index in [0.717, 1.165) is 13.1 Å². The van der Waals surface area contributed by atoms with Crippen molar-refractivity contribution >= 4 is 17.5 Å². The lowest BCUT2D eigenvalue weighted by Gasteiger charge is -2.30. The van der Waals surface area contributed by atoms with Crippen molar-refractivity contribution in [2.45, 2.75) is 26.3 Å². The summed E-state index contributed by atoms with van der Waals surface area (Å²) in [6.07, 6.45) is 0.671. The highest BCUT2D eigenvalue weighted by molar-refractivity contribution is 7.99. The topological polar surface area (TPSA) is 20.3 Å². The zero-order valence-electron chi connectivity index (χ0n) is 7.88. The fourth-order valence-electron chi connectivity index (χ4n) is 1.46. The predicted molar refractivity (Wildman–Crippen MR) is 53.7 cm³/mol. The molecule has 0 aromatic rings. The van der Waals surface area contributed by atoms with Crippen molar-refractivity contribution in [2.24, 2.45) is 0 Å². The summed E-state index contributed by atoms with van der Waals surface area (Å²) >= 11 is 1.98. The molecule has 0 bridgehead atoms. The number of carbonyl (C=O) groups is 1. The van der Waals surface area contributed by atoms with Gasteiger partial charge in [0.2, 0.25) is 0 Å². The van der Waals surface area contributed by atoms with Gasteiger partial charge in [0.25, 0.3) is 0 Å². The molecule has 0 aromatic heterocycles. The van der Waals surface area contributed by atoms with E-state index >= 15 is 0 Å². The quantitative estimate of drug-likeness (QED) is 0.666. The summed E-state index contributed by atoms with van der Waals surface area (Å²) in [5.74, 6) is 2.74. The second-order valence-corrected chi connectivity index (χ2v) is 4.37. The van der Waals surface area contributed by atoms with Gasteiger partial charge in [0, 0.05) is 31.0 Å². The average molecular weight is 187 g/mol. The number of rotatable bonds is 3. The van der Waals surface area contributed by atoms with Gasteiger partial charge in [-0.3, -0.25) is 9.69 Å². The van der Waals surface area contributed by atoms with Crippen LogP contribution in [0.25, 0.3) is 0 Å². The van der Waals surface area contributed by atoms with Crippen LogP contribution < -0.4 is 0 Å². The summed E-state index contributed by atoms with van der Waals surface area (Å²) < 4.78 is 0. The molecule has 1 rings (SSSR count). The van der Waals surface area contributed by atoms with Gasteiger partial charge in [-0.25, -0.2) is 0 Å².